The molecule has 0 aliphatic rings. The first-order valence-electron chi connectivity index (χ1n) is 11.3. The fraction of sp³-hybridized carbons (Fsp3) is 0.292. The molecule has 0 amide bonds. The highest BCUT2D eigenvalue weighted by atomic mass is 19.4. The molecule has 1 unspecified atom stereocenters. The fourth-order valence-corrected chi connectivity index (χ4v) is 4.18. The van der Waals surface area contributed by atoms with Crippen LogP contribution in [0, 0.1) is 0 Å². The highest BCUT2D eigenvalue weighted by Crippen LogP contribution is 2.40. The van der Waals surface area contributed by atoms with E-state index in [0.29, 0.717) is 0 Å². The van der Waals surface area contributed by atoms with Gasteiger partial charge in [-0.25, -0.2) is 14.5 Å². The Morgan fingerprint density at radius 1 is 1.07 bits per heavy atom. The molecule has 0 fully saturated rings. The number of alkyl halides is 6. The van der Waals surface area contributed by atoms with Crippen LogP contribution < -0.4 is 4.74 Å². The number of fused-ring (bicyclic) bond motifs is 1. The first-order chi connectivity index (χ1) is 18.6. The lowest BCUT2D eigenvalue weighted by Gasteiger charge is -2.26. The number of nitrogens with zero attached hydrogens (tertiary/aromatic N) is 5. The van der Waals surface area contributed by atoms with E-state index < -0.39 is 58.5 Å². The van der Waals surface area contributed by atoms with Gasteiger partial charge in [0.15, 0.2) is 0 Å². The zero-order valence-electron chi connectivity index (χ0n) is 20.6. The van der Waals surface area contributed by atoms with Crippen LogP contribution in [0.15, 0.2) is 42.9 Å². The van der Waals surface area contributed by atoms with Crippen LogP contribution >= 0.6 is 0 Å². The highest BCUT2D eigenvalue weighted by Gasteiger charge is 2.55. The third-order valence-corrected chi connectivity index (χ3v) is 6.21. The van der Waals surface area contributed by atoms with E-state index in [1.165, 1.54) is 31.5 Å². The maximum absolute atomic E-state index is 13.6. The lowest BCUT2D eigenvalue weighted by Crippen LogP contribution is -2.42. The minimum Gasteiger partial charge on any atom is -0.481 e. The smallest absolute Gasteiger partial charge is 0.454 e. The normalized spacial score (nSPS) is 13.8. The standard InChI is InChI=1S/C24H19F6N5O5/c1-3-22(39,24(28,29)30)15-11-34(33-32-15)10-12-6-7-35-14(8-12)17(20(36)23(25,26)27)18(21(37)38)19(35)13-4-5-16(40-2)31-9-13/h4-9,11,39H,3,10H2,1-2H3,(H,37,38). The molecule has 0 spiro atoms. The largest absolute Gasteiger partial charge is 0.481 e. The molecule has 0 saturated carbocycles. The van der Waals surface area contributed by atoms with Gasteiger partial charge in [0, 0.05) is 24.0 Å². The van der Waals surface area contributed by atoms with Crippen LogP contribution in [0.1, 0.15) is 45.3 Å². The van der Waals surface area contributed by atoms with Crippen molar-refractivity contribution < 1.29 is 50.9 Å². The van der Waals surface area contributed by atoms with Gasteiger partial charge in [-0.05, 0) is 30.2 Å². The number of hydrogen-bond donors (Lipinski definition) is 2. The van der Waals surface area contributed by atoms with Gasteiger partial charge >= 0.3 is 18.3 Å². The molecule has 4 aromatic heterocycles. The van der Waals surface area contributed by atoms with E-state index in [0.717, 1.165) is 34.5 Å². The summed E-state index contributed by atoms with van der Waals surface area (Å²) in [5.41, 5.74) is -6.61. The second-order valence-corrected chi connectivity index (χ2v) is 8.62. The number of ether oxygens (including phenoxy) is 1. The van der Waals surface area contributed by atoms with Gasteiger partial charge in [-0.2, -0.15) is 26.3 Å². The van der Waals surface area contributed by atoms with Crippen LogP contribution in [0.4, 0.5) is 26.3 Å². The molecule has 4 heterocycles. The summed E-state index contributed by atoms with van der Waals surface area (Å²) in [5.74, 6) is -4.08. The maximum atomic E-state index is 13.6. The number of methoxy groups -OCH3 is 1. The van der Waals surface area contributed by atoms with Gasteiger partial charge in [0.2, 0.25) is 11.5 Å². The van der Waals surface area contributed by atoms with Crippen molar-refractivity contribution in [2.24, 2.45) is 0 Å². The number of carbonyl (C=O) groups is 2. The summed E-state index contributed by atoms with van der Waals surface area (Å²) in [4.78, 5) is 28.6. The summed E-state index contributed by atoms with van der Waals surface area (Å²) in [5, 5.41) is 26.9. The third kappa shape index (κ3) is 4.85. The third-order valence-electron chi connectivity index (χ3n) is 6.21. The zero-order chi connectivity index (χ0) is 29.6. The van der Waals surface area contributed by atoms with Gasteiger partial charge in [0.25, 0.3) is 5.78 Å². The molecular formula is C24H19F6N5O5. The molecule has 212 valence electrons. The molecule has 16 heteroatoms. The number of halogens is 6. The Morgan fingerprint density at radius 3 is 2.30 bits per heavy atom. The number of aromatic carboxylic acids is 1. The molecule has 0 saturated heterocycles. The van der Waals surface area contributed by atoms with Gasteiger partial charge in [-0.15, -0.1) is 5.10 Å². The zero-order valence-corrected chi connectivity index (χ0v) is 20.6. The number of Topliss-reactive ketones (excluding diaryl/α,β-unsaturated/α-hetero) is 1. The Hall–Kier alpha value is -4.47. The van der Waals surface area contributed by atoms with Crippen molar-refractivity contribution in [1.82, 2.24) is 24.4 Å². The Bertz CT molecular complexity index is 1590. The molecule has 0 aliphatic carbocycles. The van der Waals surface area contributed by atoms with Gasteiger partial charge in [0.1, 0.15) is 5.69 Å². The van der Waals surface area contributed by atoms with Crippen LogP contribution in [0.25, 0.3) is 16.8 Å². The van der Waals surface area contributed by atoms with Gasteiger partial charge in [-0.1, -0.05) is 12.1 Å². The van der Waals surface area contributed by atoms with Crippen LogP contribution in [0.2, 0.25) is 0 Å². The van der Waals surface area contributed by atoms with Crippen molar-refractivity contribution in [3.63, 3.8) is 0 Å². The van der Waals surface area contributed by atoms with Gasteiger partial charge in [0.05, 0.1) is 42.2 Å². The predicted molar refractivity (Wildman–Crippen MR) is 124 cm³/mol. The summed E-state index contributed by atoms with van der Waals surface area (Å²) in [6.07, 6.45) is -8.04. The molecule has 0 aromatic carbocycles. The summed E-state index contributed by atoms with van der Waals surface area (Å²) in [6, 6.07) is 5.13. The van der Waals surface area contributed by atoms with Crippen molar-refractivity contribution in [2.75, 3.05) is 7.11 Å². The Morgan fingerprint density at radius 2 is 1.77 bits per heavy atom. The molecule has 4 aromatic rings. The van der Waals surface area contributed by atoms with Crippen LogP contribution in [0.5, 0.6) is 5.88 Å². The Balaban J connectivity index is 1.89. The number of aromatic nitrogens is 5. The van der Waals surface area contributed by atoms with Crippen molar-refractivity contribution in [1.29, 1.82) is 0 Å². The first kappa shape index (κ1) is 28.5. The van der Waals surface area contributed by atoms with Gasteiger partial charge < -0.3 is 19.4 Å². The second-order valence-electron chi connectivity index (χ2n) is 8.62. The number of hydrogen-bond acceptors (Lipinski definition) is 7. The Kier molecular flexibility index (Phi) is 7.08. The summed E-state index contributed by atoms with van der Waals surface area (Å²) in [7, 11) is 1.32. The number of pyridine rings is 2. The lowest BCUT2D eigenvalue weighted by atomic mass is 9.96. The van der Waals surface area contributed by atoms with Crippen LogP contribution in [-0.4, -0.2) is 65.8 Å². The average Bonchev–Trinajstić information content (AvgIpc) is 3.49. The second kappa shape index (κ2) is 9.93. The number of rotatable bonds is 8. The molecule has 1 atom stereocenters. The minimum atomic E-state index is -5.43. The number of carboxylic acids is 1. The molecule has 4 rings (SSSR count). The Labute approximate surface area is 220 Å². The van der Waals surface area contributed by atoms with E-state index in [1.807, 2.05) is 0 Å². The number of aliphatic hydroxyl groups is 1. The SMILES string of the molecule is CCC(O)(c1cn(Cc2ccn3c(-c4ccc(OC)nc4)c(C(=O)O)c(C(=O)C(F)(F)F)c3c2)nn1)C(F)(F)F. The van der Waals surface area contributed by atoms with E-state index in [-0.39, 0.29) is 29.2 Å². The number of carboxylic acid groups (broad SMARTS) is 1. The first-order valence-corrected chi connectivity index (χ1v) is 11.3. The van der Waals surface area contributed by atoms with E-state index >= 15 is 0 Å². The summed E-state index contributed by atoms with van der Waals surface area (Å²) in [6.45, 7) is 0.760. The van der Waals surface area contributed by atoms with Gasteiger partial charge in [-0.3, -0.25) is 4.79 Å². The summed E-state index contributed by atoms with van der Waals surface area (Å²) >= 11 is 0. The van der Waals surface area contributed by atoms with E-state index in [4.69, 9.17) is 4.74 Å². The quantitative estimate of drug-likeness (QED) is 0.237. The fourth-order valence-electron chi connectivity index (χ4n) is 4.18. The molecule has 0 aliphatic heterocycles. The van der Waals surface area contributed by atoms with Crippen molar-refractivity contribution in [2.45, 2.75) is 37.8 Å². The molecule has 0 radical (unpaired) electrons. The topological polar surface area (TPSA) is 132 Å². The monoisotopic (exact) mass is 571 g/mol. The predicted octanol–water partition coefficient (Wildman–Crippen LogP) is 4.25. The lowest BCUT2D eigenvalue weighted by molar-refractivity contribution is -0.269. The van der Waals surface area contributed by atoms with Crippen molar-refractivity contribution in [3.05, 3.63) is 65.2 Å². The highest BCUT2D eigenvalue weighted by molar-refractivity contribution is 6.16. The summed E-state index contributed by atoms with van der Waals surface area (Å²) < 4.78 is 87.9. The number of carbonyl (C=O) groups excluding carboxylic acids is 1. The molecule has 2 N–H and O–H groups in total. The van der Waals surface area contributed by atoms with Crippen LogP contribution in [-0.2, 0) is 12.1 Å². The van der Waals surface area contributed by atoms with Crippen molar-refractivity contribution in [3.8, 4) is 17.1 Å². The minimum absolute atomic E-state index is 0.0640. The van der Waals surface area contributed by atoms with Crippen molar-refractivity contribution >= 4 is 17.3 Å². The maximum Gasteiger partial charge on any atom is 0.454 e. The number of ketones is 1. The van der Waals surface area contributed by atoms with Crippen LogP contribution in [0.3, 0.4) is 0 Å². The average molecular weight is 571 g/mol. The molecule has 40 heavy (non-hydrogen) atoms. The van der Waals surface area contributed by atoms with E-state index in [9.17, 15) is 46.1 Å². The molecular weight excluding hydrogens is 552 g/mol. The molecule has 0 bridgehead atoms. The van der Waals surface area contributed by atoms with E-state index in [1.54, 1.807) is 0 Å². The molecule has 10 nitrogen and oxygen atoms in total. The van der Waals surface area contributed by atoms with E-state index in [2.05, 4.69) is 15.3 Å².